The van der Waals surface area contributed by atoms with Gasteiger partial charge in [-0.15, -0.1) is 11.3 Å². The normalized spacial score (nSPS) is 14.2. The molecule has 0 unspecified atom stereocenters. The van der Waals surface area contributed by atoms with Gasteiger partial charge in [-0.3, -0.25) is 4.90 Å². The van der Waals surface area contributed by atoms with Crippen LogP contribution in [0.5, 0.6) is 0 Å². The molecule has 1 aliphatic rings. The Hall–Kier alpha value is -2.34. The van der Waals surface area contributed by atoms with E-state index in [1.54, 1.807) is 0 Å². The molecule has 0 amide bonds. The van der Waals surface area contributed by atoms with E-state index in [2.05, 4.69) is 17.0 Å². The van der Waals surface area contributed by atoms with E-state index in [1.807, 2.05) is 24.3 Å². The molecule has 21 heavy (non-hydrogen) atoms. The summed E-state index contributed by atoms with van der Waals surface area (Å²) in [6.07, 6.45) is 0.848. The number of anilines is 1. The van der Waals surface area contributed by atoms with Crippen molar-refractivity contribution in [2.75, 3.05) is 12.3 Å². The van der Waals surface area contributed by atoms with Crippen LogP contribution < -0.4 is 5.73 Å². The third-order valence-corrected chi connectivity index (χ3v) is 4.85. The van der Waals surface area contributed by atoms with Gasteiger partial charge in [-0.1, -0.05) is 18.2 Å². The van der Waals surface area contributed by atoms with E-state index in [4.69, 9.17) is 16.3 Å². The summed E-state index contributed by atoms with van der Waals surface area (Å²) in [6.45, 7) is 2.44. The molecule has 0 saturated heterocycles. The quantitative estimate of drug-likeness (QED) is 0.923. The molecule has 0 bridgehead atoms. The molecule has 5 heteroatoms. The van der Waals surface area contributed by atoms with Crippen molar-refractivity contribution in [2.45, 2.75) is 19.5 Å². The maximum atomic E-state index is 9.16. The van der Waals surface area contributed by atoms with Crippen LogP contribution in [0.25, 0.3) is 0 Å². The van der Waals surface area contributed by atoms with Crippen molar-refractivity contribution < 1.29 is 0 Å². The van der Waals surface area contributed by atoms with Gasteiger partial charge in [0.1, 0.15) is 11.1 Å². The van der Waals surface area contributed by atoms with Gasteiger partial charge in [-0.2, -0.15) is 10.5 Å². The second kappa shape index (κ2) is 5.57. The number of nitrogens with two attached hydrogens (primary N) is 1. The zero-order valence-corrected chi connectivity index (χ0v) is 12.3. The van der Waals surface area contributed by atoms with E-state index in [-0.39, 0.29) is 0 Å². The van der Waals surface area contributed by atoms with Crippen molar-refractivity contribution in [3.8, 4) is 12.1 Å². The number of benzene rings is 1. The molecule has 3 rings (SSSR count). The lowest BCUT2D eigenvalue weighted by atomic mass is 10.0. The summed E-state index contributed by atoms with van der Waals surface area (Å²) >= 11 is 1.51. The van der Waals surface area contributed by atoms with Crippen molar-refractivity contribution >= 4 is 16.3 Å². The highest BCUT2D eigenvalue weighted by molar-refractivity contribution is 7.16. The minimum Gasteiger partial charge on any atom is -0.389 e. The number of fused-ring (bicyclic) bond motifs is 1. The molecule has 1 aromatic heterocycles. The Morgan fingerprint density at radius 2 is 2.05 bits per heavy atom. The average Bonchev–Trinajstić information content (AvgIpc) is 2.82. The summed E-state index contributed by atoms with van der Waals surface area (Å²) in [6, 6.07) is 12.1. The summed E-state index contributed by atoms with van der Waals surface area (Å²) in [5.41, 5.74) is 9.46. The minimum absolute atomic E-state index is 0.627. The lowest BCUT2D eigenvalue weighted by Crippen LogP contribution is -2.29. The Morgan fingerprint density at radius 3 is 2.81 bits per heavy atom. The molecular weight excluding hydrogens is 280 g/mol. The van der Waals surface area contributed by atoms with Gasteiger partial charge in [0.15, 0.2) is 0 Å². The molecule has 0 saturated carbocycles. The van der Waals surface area contributed by atoms with E-state index >= 15 is 0 Å². The number of nitriles is 2. The molecule has 2 heterocycles. The van der Waals surface area contributed by atoms with Crippen LogP contribution >= 0.6 is 11.3 Å². The van der Waals surface area contributed by atoms with Gasteiger partial charge in [-0.25, -0.2) is 0 Å². The molecule has 0 atom stereocenters. The van der Waals surface area contributed by atoms with Crippen molar-refractivity contribution in [1.29, 1.82) is 10.5 Å². The molecule has 2 aromatic rings. The summed E-state index contributed by atoms with van der Waals surface area (Å²) in [5, 5.41) is 18.9. The van der Waals surface area contributed by atoms with Crippen molar-refractivity contribution in [2.24, 2.45) is 0 Å². The molecule has 1 aliphatic heterocycles. The van der Waals surface area contributed by atoms with Crippen LogP contribution in [0.4, 0.5) is 5.00 Å². The van der Waals surface area contributed by atoms with E-state index in [1.165, 1.54) is 16.2 Å². The Balaban J connectivity index is 1.82. The minimum atomic E-state index is 0.627. The van der Waals surface area contributed by atoms with Crippen LogP contribution in [0.2, 0.25) is 0 Å². The highest BCUT2D eigenvalue weighted by atomic mass is 32.1. The average molecular weight is 294 g/mol. The fourth-order valence-corrected chi connectivity index (χ4v) is 3.85. The molecule has 0 spiro atoms. The molecule has 0 radical (unpaired) electrons. The zero-order valence-electron chi connectivity index (χ0n) is 11.5. The Kier molecular flexibility index (Phi) is 3.62. The molecule has 1 aromatic carbocycles. The Labute approximate surface area is 127 Å². The van der Waals surface area contributed by atoms with E-state index in [9.17, 15) is 0 Å². The predicted molar refractivity (Wildman–Crippen MR) is 82.4 cm³/mol. The standard InChI is InChI=1S/C16H14N4S/c17-7-11-3-1-2-4-12(11)9-20-6-5-13-14(8-18)16(19)21-15(13)10-20/h1-4H,5-6,9-10,19H2. The largest absolute Gasteiger partial charge is 0.389 e. The number of nitrogen functional groups attached to an aromatic ring is 1. The SMILES string of the molecule is N#Cc1ccccc1CN1CCc2c(sc(N)c2C#N)C1. The Morgan fingerprint density at radius 1 is 1.24 bits per heavy atom. The monoisotopic (exact) mass is 294 g/mol. The van der Waals surface area contributed by atoms with Crippen LogP contribution in [-0.2, 0) is 19.5 Å². The van der Waals surface area contributed by atoms with E-state index in [0.29, 0.717) is 10.6 Å². The maximum absolute atomic E-state index is 9.16. The number of thiophene rings is 1. The van der Waals surface area contributed by atoms with Gasteiger partial charge in [0.05, 0.1) is 17.2 Å². The summed E-state index contributed by atoms with van der Waals surface area (Å²) in [5.74, 6) is 0. The second-order valence-electron chi connectivity index (χ2n) is 5.08. The first-order valence-electron chi connectivity index (χ1n) is 6.73. The van der Waals surface area contributed by atoms with Gasteiger partial charge in [0.25, 0.3) is 0 Å². The number of hydrogen-bond donors (Lipinski definition) is 1. The van der Waals surface area contributed by atoms with Crippen molar-refractivity contribution in [1.82, 2.24) is 4.90 Å². The number of hydrogen-bond acceptors (Lipinski definition) is 5. The van der Waals surface area contributed by atoms with Gasteiger partial charge < -0.3 is 5.73 Å². The van der Waals surface area contributed by atoms with Crippen molar-refractivity contribution in [3.63, 3.8) is 0 Å². The smallest absolute Gasteiger partial charge is 0.104 e. The molecule has 0 aliphatic carbocycles. The molecular formula is C16H14N4S. The number of nitrogens with zero attached hydrogens (tertiary/aromatic N) is 3. The van der Waals surface area contributed by atoms with Crippen LogP contribution in [-0.4, -0.2) is 11.4 Å². The van der Waals surface area contributed by atoms with Gasteiger partial charge in [0.2, 0.25) is 0 Å². The molecule has 0 fully saturated rings. The maximum Gasteiger partial charge on any atom is 0.104 e. The topological polar surface area (TPSA) is 76.8 Å². The lowest BCUT2D eigenvalue weighted by molar-refractivity contribution is 0.248. The highest BCUT2D eigenvalue weighted by Crippen LogP contribution is 2.34. The second-order valence-corrected chi connectivity index (χ2v) is 6.22. The predicted octanol–water partition coefficient (Wildman–Crippen LogP) is 2.63. The summed E-state index contributed by atoms with van der Waals surface area (Å²) in [7, 11) is 0. The number of rotatable bonds is 2. The fraction of sp³-hybridized carbons (Fsp3) is 0.250. The lowest BCUT2D eigenvalue weighted by Gasteiger charge is -2.27. The van der Waals surface area contributed by atoms with E-state index < -0.39 is 0 Å². The van der Waals surface area contributed by atoms with Gasteiger partial charge in [0, 0.05) is 24.5 Å². The van der Waals surface area contributed by atoms with Crippen LogP contribution in [0.3, 0.4) is 0 Å². The first-order chi connectivity index (χ1) is 10.2. The molecule has 4 nitrogen and oxygen atoms in total. The highest BCUT2D eigenvalue weighted by Gasteiger charge is 2.23. The zero-order chi connectivity index (χ0) is 14.8. The third kappa shape index (κ3) is 2.50. The van der Waals surface area contributed by atoms with Gasteiger partial charge >= 0.3 is 0 Å². The molecule has 2 N–H and O–H groups in total. The van der Waals surface area contributed by atoms with E-state index in [0.717, 1.165) is 42.7 Å². The fourth-order valence-electron chi connectivity index (χ4n) is 2.74. The summed E-state index contributed by atoms with van der Waals surface area (Å²) < 4.78 is 0. The van der Waals surface area contributed by atoms with Crippen molar-refractivity contribution in [3.05, 3.63) is 51.4 Å². The van der Waals surface area contributed by atoms with Crippen LogP contribution in [0.15, 0.2) is 24.3 Å². The van der Waals surface area contributed by atoms with Crippen LogP contribution in [0, 0.1) is 22.7 Å². The first-order valence-corrected chi connectivity index (χ1v) is 7.55. The Bertz CT molecular complexity index is 764. The first kappa shape index (κ1) is 13.6. The van der Waals surface area contributed by atoms with Crippen LogP contribution in [0.1, 0.15) is 27.1 Å². The summed E-state index contributed by atoms with van der Waals surface area (Å²) in [4.78, 5) is 3.49. The van der Waals surface area contributed by atoms with Gasteiger partial charge in [-0.05, 0) is 23.6 Å². The third-order valence-electron chi connectivity index (χ3n) is 3.81. The molecule has 104 valence electrons.